The molecule has 2 amide bonds. The summed E-state index contributed by atoms with van der Waals surface area (Å²) in [6.07, 6.45) is 1.46. The zero-order valence-electron chi connectivity index (χ0n) is 18.0. The van der Waals surface area contributed by atoms with Crippen LogP contribution in [-0.4, -0.2) is 57.5 Å². The third kappa shape index (κ3) is 6.34. The van der Waals surface area contributed by atoms with Crippen LogP contribution in [0.4, 0.5) is 14.5 Å². The first-order chi connectivity index (χ1) is 15.7. The number of rotatable bonds is 9. The number of sulfonamides is 1. The molecule has 1 fully saturated rings. The van der Waals surface area contributed by atoms with Crippen LogP contribution in [0.1, 0.15) is 30.1 Å². The van der Waals surface area contributed by atoms with Gasteiger partial charge in [-0.3, -0.25) is 9.59 Å². The lowest BCUT2D eigenvalue weighted by Crippen LogP contribution is -2.38. The number of nitrogens with one attached hydrogen (secondary N) is 2. The van der Waals surface area contributed by atoms with Crippen LogP contribution >= 0.6 is 0 Å². The first kappa shape index (κ1) is 24.7. The Kier molecular flexibility index (Phi) is 8.11. The van der Waals surface area contributed by atoms with Gasteiger partial charge in [-0.2, -0.15) is 0 Å². The van der Waals surface area contributed by atoms with Crippen LogP contribution in [-0.2, 0) is 19.6 Å². The lowest BCUT2D eigenvalue weighted by atomic mass is 10.2. The quantitative estimate of drug-likeness (QED) is 0.573. The van der Waals surface area contributed by atoms with Crippen LogP contribution in [0.2, 0.25) is 0 Å². The highest BCUT2D eigenvalue weighted by molar-refractivity contribution is 7.89. The number of ether oxygens (including phenoxy) is 1. The van der Waals surface area contributed by atoms with Gasteiger partial charge in [0.2, 0.25) is 15.9 Å². The maximum atomic E-state index is 13.8. The minimum absolute atomic E-state index is 0.0571. The van der Waals surface area contributed by atoms with Gasteiger partial charge in [0.25, 0.3) is 5.91 Å². The standard InChI is InChI=1S/C22H25F2N3O5S/c1-2-27(14-20(28)26-21-18(23)9-4-10-19(21)24)22(29)15-6-3-8-17(12-15)33(30,31)25-13-16-7-5-11-32-16/h3-4,6,8-10,12,16,25H,2,5,7,11,13-14H2,1H3,(H,26,28). The van der Waals surface area contributed by atoms with Gasteiger partial charge in [0, 0.05) is 25.3 Å². The summed E-state index contributed by atoms with van der Waals surface area (Å²) in [5.74, 6) is -3.27. The first-order valence-corrected chi connectivity index (χ1v) is 11.9. The smallest absolute Gasteiger partial charge is 0.254 e. The fourth-order valence-electron chi connectivity index (χ4n) is 3.37. The molecule has 0 radical (unpaired) electrons. The second kappa shape index (κ2) is 10.8. The van der Waals surface area contributed by atoms with Gasteiger partial charge in [-0.05, 0) is 50.1 Å². The van der Waals surface area contributed by atoms with Gasteiger partial charge in [0.05, 0.1) is 11.0 Å². The number of nitrogens with zero attached hydrogens (tertiary/aromatic N) is 1. The number of benzene rings is 2. The van der Waals surface area contributed by atoms with Crippen molar-refractivity contribution in [1.29, 1.82) is 0 Å². The summed E-state index contributed by atoms with van der Waals surface area (Å²) in [5.41, 5.74) is -0.543. The van der Waals surface area contributed by atoms with Crippen molar-refractivity contribution in [2.45, 2.75) is 30.8 Å². The number of hydrogen-bond acceptors (Lipinski definition) is 5. The number of carbonyl (C=O) groups is 2. The van der Waals surface area contributed by atoms with Crippen molar-refractivity contribution in [3.05, 3.63) is 59.7 Å². The van der Waals surface area contributed by atoms with E-state index in [2.05, 4.69) is 10.0 Å². The van der Waals surface area contributed by atoms with Crippen LogP contribution in [0.15, 0.2) is 47.4 Å². The molecule has 0 spiro atoms. The van der Waals surface area contributed by atoms with Gasteiger partial charge in [-0.15, -0.1) is 0 Å². The summed E-state index contributed by atoms with van der Waals surface area (Å²) < 4.78 is 60.7. The minimum Gasteiger partial charge on any atom is -0.377 e. The molecule has 0 bridgehead atoms. The normalized spacial score (nSPS) is 15.9. The van der Waals surface area contributed by atoms with Crippen molar-refractivity contribution in [3.8, 4) is 0 Å². The summed E-state index contributed by atoms with van der Waals surface area (Å²) in [6.45, 7) is 1.99. The van der Waals surface area contributed by atoms with Gasteiger partial charge < -0.3 is 15.0 Å². The fraction of sp³-hybridized carbons (Fsp3) is 0.364. The molecule has 1 saturated heterocycles. The topological polar surface area (TPSA) is 105 Å². The van der Waals surface area contributed by atoms with Crippen LogP contribution in [0.25, 0.3) is 0 Å². The zero-order chi connectivity index (χ0) is 24.0. The average Bonchev–Trinajstić information content (AvgIpc) is 3.32. The Bertz CT molecular complexity index is 1100. The van der Waals surface area contributed by atoms with Gasteiger partial charge in [0.15, 0.2) is 0 Å². The van der Waals surface area contributed by atoms with E-state index in [-0.39, 0.29) is 29.7 Å². The number of anilines is 1. The Balaban J connectivity index is 1.68. The zero-order valence-corrected chi connectivity index (χ0v) is 18.8. The van der Waals surface area contributed by atoms with Gasteiger partial charge in [-0.25, -0.2) is 21.9 Å². The molecule has 1 aliphatic rings. The molecule has 3 rings (SSSR count). The summed E-state index contributed by atoms with van der Waals surface area (Å²) in [7, 11) is -3.87. The highest BCUT2D eigenvalue weighted by Gasteiger charge is 2.23. The van der Waals surface area contributed by atoms with E-state index in [0.29, 0.717) is 6.61 Å². The van der Waals surface area contributed by atoms with Crippen LogP contribution < -0.4 is 10.0 Å². The number of likely N-dealkylation sites (N-methyl/N-ethyl adjacent to an activating group) is 1. The van der Waals surface area contributed by atoms with E-state index in [4.69, 9.17) is 4.74 Å². The lowest BCUT2D eigenvalue weighted by molar-refractivity contribution is -0.116. The van der Waals surface area contributed by atoms with E-state index in [1.165, 1.54) is 30.3 Å². The molecule has 1 unspecified atom stereocenters. The van der Waals surface area contributed by atoms with E-state index >= 15 is 0 Å². The average molecular weight is 482 g/mol. The highest BCUT2D eigenvalue weighted by Crippen LogP contribution is 2.19. The van der Waals surface area contributed by atoms with Crippen molar-refractivity contribution < 1.29 is 31.5 Å². The van der Waals surface area contributed by atoms with E-state index in [1.807, 2.05) is 0 Å². The molecule has 178 valence electrons. The lowest BCUT2D eigenvalue weighted by Gasteiger charge is -2.21. The SMILES string of the molecule is CCN(CC(=O)Nc1c(F)cccc1F)C(=O)c1cccc(S(=O)(=O)NCC2CCCO2)c1. The Labute approximate surface area is 191 Å². The molecular weight excluding hydrogens is 456 g/mol. The second-order valence-electron chi connectivity index (χ2n) is 7.48. The van der Waals surface area contributed by atoms with Crippen LogP contribution in [0.5, 0.6) is 0 Å². The molecule has 1 atom stereocenters. The molecule has 33 heavy (non-hydrogen) atoms. The summed E-state index contributed by atoms with van der Waals surface area (Å²) in [5, 5.41) is 2.13. The molecule has 2 aromatic rings. The Morgan fingerprint density at radius 1 is 1.15 bits per heavy atom. The third-order valence-electron chi connectivity index (χ3n) is 5.15. The number of hydrogen-bond donors (Lipinski definition) is 2. The minimum atomic E-state index is -3.87. The van der Waals surface area contributed by atoms with Crippen LogP contribution in [0, 0.1) is 11.6 Å². The molecule has 8 nitrogen and oxygen atoms in total. The molecule has 0 aliphatic carbocycles. The molecule has 0 saturated carbocycles. The summed E-state index contributed by atoms with van der Waals surface area (Å²) in [4.78, 5) is 26.3. The highest BCUT2D eigenvalue weighted by atomic mass is 32.2. The monoisotopic (exact) mass is 481 g/mol. The van der Waals surface area contributed by atoms with E-state index in [0.717, 1.165) is 29.9 Å². The third-order valence-corrected chi connectivity index (χ3v) is 6.57. The second-order valence-corrected chi connectivity index (χ2v) is 9.25. The molecule has 2 aromatic carbocycles. The van der Waals surface area contributed by atoms with E-state index < -0.39 is 45.7 Å². The van der Waals surface area contributed by atoms with Gasteiger partial charge in [0.1, 0.15) is 23.9 Å². The largest absolute Gasteiger partial charge is 0.377 e. The molecule has 1 heterocycles. The number of halogens is 2. The molecular formula is C22H25F2N3O5S. The van der Waals surface area contributed by atoms with Crippen LogP contribution in [0.3, 0.4) is 0 Å². The van der Waals surface area contributed by atoms with E-state index in [1.54, 1.807) is 6.92 Å². The fourth-order valence-corrected chi connectivity index (χ4v) is 4.48. The summed E-state index contributed by atoms with van der Waals surface area (Å²) >= 11 is 0. The van der Waals surface area contributed by atoms with Gasteiger partial charge >= 0.3 is 0 Å². The van der Waals surface area contributed by atoms with Crippen molar-refractivity contribution in [2.75, 3.05) is 31.6 Å². The Morgan fingerprint density at radius 3 is 2.48 bits per heavy atom. The maximum absolute atomic E-state index is 13.8. The first-order valence-electron chi connectivity index (χ1n) is 10.5. The summed E-state index contributed by atoms with van der Waals surface area (Å²) in [6, 6.07) is 8.60. The van der Waals surface area contributed by atoms with Crippen molar-refractivity contribution in [1.82, 2.24) is 9.62 Å². The molecule has 2 N–H and O–H groups in total. The predicted molar refractivity (Wildman–Crippen MR) is 117 cm³/mol. The Morgan fingerprint density at radius 2 is 1.85 bits per heavy atom. The number of para-hydroxylation sites is 1. The number of amides is 2. The predicted octanol–water partition coefficient (Wildman–Crippen LogP) is 2.52. The van der Waals surface area contributed by atoms with Crippen molar-refractivity contribution in [3.63, 3.8) is 0 Å². The maximum Gasteiger partial charge on any atom is 0.254 e. The van der Waals surface area contributed by atoms with E-state index in [9.17, 15) is 26.8 Å². The molecule has 0 aromatic heterocycles. The number of carbonyl (C=O) groups excluding carboxylic acids is 2. The molecule has 1 aliphatic heterocycles. The molecule has 11 heteroatoms. The van der Waals surface area contributed by atoms with Crippen molar-refractivity contribution in [2.24, 2.45) is 0 Å². The van der Waals surface area contributed by atoms with Gasteiger partial charge in [-0.1, -0.05) is 12.1 Å². The Hall–Kier alpha value is -2.89. The van der Waals surface area contributed by atoms with Crippen molar-refractivity contribution >= 4 is 27.5 Å².